The summed E-state index contributed by atoms with van der Waals surface area (Å²) < 4.78 is 22.2. The first-order valence-electron chi connectivity index (χ1n) is 25.1. The van der Waals surface area contributed by atoms with Gasteiger partial charge in [-0.3, -0.25) is 14.6 Å². The lowest BCUT2D eigenvalue weighted by Gasteiger charge is -2.24. The van der Waals surface area contributed by atoms with E-state index < -0.39 is 71.6 Å². The van der Waals surface area contributed by atoms with Crippen LogP contribution in [0.5, 0.6) is 0 Å². The smallest absolute Gasteiger partial charge is 0.407 e. The largest absolute Gasteiger partial charge is 0.458 e. The molecule has 2 N–H and O–H groups in total. The molecule has 6 aromatic rings. The number of fused-ring (bicyclic) bond motifs is 7. The van der Waals surface area contributed by atoms with Crippen LogP contribution in [0.4, 0.5) is 9.59 Å². The topological polar surface area (TPSA) is 206 Å². The highest BCUT2D eigenvalue weighted by Crippen LogP contribution is 2.46. The molecule has 0 fully saturated rings. The number of hydrogen-bond donors (Lipinski definition) is 2. The van der Waals surface area contributed by atoms with E-state index in [2.05, 4.69) is 39.9 Å². The zero-order chi connectivity index (χ0) is 54.1. The summed E-state index contributed by atoms with van der Waals surface area (Å²) >= 11 is 0. The van der Waals surface area contributed by atoms with E-state index in [-0.39, 0.29) is 42.6 Å². The molecule has 0 radical (unpaired) electrons. The first-order chi connectivity index (χ1) is 36.3. The number of carbonyl (C=O) groups excluding carboxylic acids is 7. The monoisotopic (exact) mass is 1030 g/mol. The van der Waals surface area contributed by atoms with E-state index >= 15 is 0 Å². The lowest BCUT2D eigenvalue weighted by atomic mass is 9.98. The fourth-order valence-corrected chi connectivity index (χ4v) is 9.33. The van der Waals surface area contributed by atoms with Gasteiger partial charge in [0.1, 0.15) is 36.5 Å². The normalized spacial score (nSPS) is 14.1. The van der Waals surface area contributed by atoms with Gasteiger partial charge in [-0.15, -0.1) is 0 Å². The third kappa shape index (κ3) is 13.0. The molecule has 0 spiro atoms. The average molecular weight is 1030 g/mol. The molecule has 16 heteroatoms. The van der Waals surface area contributed by atoms with Crippen LogP contribution < -0.4 is 10.6 Å². The first-order valence-corrected chi connectivity index (χ1v) is 25.1. The zero-order valence-corrected chi connectivity index (χ0v) is 43.2. The predicted octanol–water partition coefficient (Wildman–Crippen LogP) is 10.0. The fourth-order valence-electron chi connectivity index (χ4n) is 9.33. The molecule has 1 aromatic heterocycles. The Morgan fingerprint density at radius 3 is 1.29 bits per heavy atom. The maximum Gasteiger partial charge on any atom is 0.407 e. The number of nitrogens with one attached hydrogen (secondary N) is 2. The van der Waals surface area contributed by atoms with Crippen molar-refractivity contribution in [1.82, 2.24) is 20.7 Å². The number of alkyl carbamates (subject to hydrolysis) is 2. The van der Waals surface area contributed by atoms with Crippen LogP contribution in [0, 0.1) is 0 Å². The van der Waals surface area contributed by atoms with Crippen molar-refractivity contribution in [3.8, 4) is 22.3 Å². The molecule has 76 heavy (non-hydrogen) atoms. The van der Waals surface area contributed by atoms with Gasteiger partial charge in [0.25, 0.3) is 11.8 Å². The van der Waals surface area contributed by atoms with E-state index in [0.29, 0.717) is 17.9 Å². The number of amides is 4. The molecule has 3 aliphatic rings. The minimum Gasteiger partial charge on any atom is -0.458 e. The van der Waals surface area contributed by atoms with Gasteiger partial charge in [0.2, 0.25) is 0 Å². The Labute approximate surface area is 441 Å². The van der Waals surface area contributed by atoms with Crippen LogP contribution >= 0.6 is 0 Å². The molecule has 9 rings (SSSR count). The third-order valence-corrected chi connectivity index (χ3v) is 12.7. The molecule has 0 saturated carbocycles. The van der Waals surface area contributed by atoms with E-state index in [4.69, 9.17) is 23.8 Å². The van der Waals surface area contributed by atoms with E-state index in [1.165, 1.54) is 12.1 Å². The van der Waals surface area contributed by atoms with Crippen LogP contribution in [0.15, 0.2) is 146 Å². The van der Waals surface area contributed by atoms with Crippen LogP contribution in [0.3, 0.4) is 0 Å². The first kappa shape index (κ1) is 53.6. The molecule has 2 atom stereocenters. The van der Waals surface area contributed by atoms with Gasteiger partial charge in [-0.1, -0.05) is 120 Å². The second-order valence-corrected chi connectivity index (χ2v) is 20.5. The molecule has 0 bridgehead atoms. The minimum atomic E-state index is -1.25. The van der Waals surface area contributed by atoms with Gasteiger partial charge in [0.15, 0.2) is 0 Å². The number of esters is 2. The van der Waals surface area contributed by atoms with E-state index in [1.807, 2.05) is 84.9 Å². The second-order valence-electron chi connectivity index (χ2n) is 20.5. The van der Waals surface area contributed by atoms with Gasteiger partial charge in [0, 0.05) is 24.2 Å². The maximum absolute atomic E-state index is 12.9. The fraction of sp³-hybridized carbons (Fsp3) is 0.300. The Morgan fingerprint density at radius 1 is 0.526 bits per heavy atom. The number of aryl methyl sites for hydroxylation is 1. The molecule has 392 valence electrons. The zero-order valence-electron chi connectivity index (χ0n) is 43.2. The molecular formula is C60H60N4O12. The number of ether oxygens (including phenoxy) is 4. The van der Waals surface area contributed by atoms with Crippen LogP contribution in [-0.4, -0.2) is 88.5 Å². The summed E-state index contributed by atoms with van der Waals surface area (Å²) in [4.78, 5) is 98.1. The standard InChI is InChI=1S/C32H30N2O8.C28H30N2O4/c1-32(2,3)41-30(38)26(16-17-27(35)42-34-28(36)23-14-8-9-15-24(23)29(34)37)33-31(39)40-18-25-21-12-6-4-10-19(21)20-11-5-7-13-22(20)25;1-28(2,3)34-26(31)25(15-14-19-9-8-16-29-17-19)30-27(32)33-18-24-22-12-6-4-10-20(22)21-11-5-7-13-23(21)24/h4-15,25-26H,16-18H2,1-3H3,(H,33,39);4-13,16-17,24-25H,14-15,18H2,1-3H3,(H,30,32)/t26-;25-/m00/s1. The molecule has 5 aromatic carbocycles. The molecule has 0 unspecified atom stereocenters. The van der Waals surface area contributed by atoms with Gasteiger partial charge in [-0.05, 0) is 129 Å². The van der Waals surface area contributed by atoms with Crippen molar-refractivity contribution in [2.75, 3.05) is 13.2 Å². The summed E-state index contributed by atoms with van der Waals surface area (Å²) in [7, 11) is 0. The average Bonchev–Trinajstić information content (AvgIpc) is 4.00. The quantitative estimate of drug-likeness (QED) is 0.0559. The molecule has 1 aliphatic heterocycles. The van der Waals surface area contributed by atoms with E-state index in [1.54, 1.807) is 66.1 Å². The van der Waals surface area contributed by atoms with Crippen molar-refractivity contribution in [3.63, 3.8) is 0 Å². The minimum absolute atomic E-state index is 0.0304. The highest BCUT2D eigenvalue weighted by atomic mass is 16.7. The number of hydrogen-bond acceptors (Lipinski definition) is 13. The Morgan fingerprint density at radius 2 is 0.908 bits per heavy atom. The maximum atomic E-state index is 12.9. The number of carbonyl (C=O) groups is 7. The number of nitrogens with zero attached hydrogens (tertiary/aromatic N) is 2. The van der Waals surface area contributed by atoms with Crippen LogP contribution in [0.1, 0.15) is 121 Å². The second kappa shape index (κ2) is 23.3. The summed E-state index contributed by atoms with van der Waals surface area (Å²) in [5.41, 5.74) is 8.51. The van der Waals surface area contributed by atoms with E-state index in [9.17, 15) is 33.6 Å². The molecule has 2 aliphatic carbocycles. The Balaban J connectivity index is 0.000000206. The Kier molecular flexibility index (Phi) is 16.4. The van der Waals surface area contributed by atoms with Crippen LogP contribution in [0.2, 0.25) is 0 Å². The molecule has 16 nitrogen and oxygen atoms in total. The number of rotatable bonds is 15. The van der Waals surface area contributed by atoms with Crippen molar-refractivity contribution >= 4 is 41.9 Å². The number of pyridine rings is 1. The Bertz CT molecular complexity index is 3020. The summed E-state index contributed by atoms with van der Waals surface area (Å²) in [6.07, 6.45) is 2.28. The SMILES string of the molecule is CC(C)(C)OC(=O)[C@H](CCC(=O)ON1C(=O)c2ccccc2C1=O)NC(=O)OCC1c2ccccc2-c2ccccc21.CC(C)(C)OC(=O)[C@H](CCc1cccnc1)NC(=O)OCC1c2ccccc2-c2ccccc21. The number of imide groups is 1. The van der Waals surface area contributed by atoms with Gasteiger partial charge >= 0.3 is 30.1 Å². The van der Waals surface area contributed by atoms with Crippen LogP contribution in [-0.2, 0) is 44.6 Å². The number of hydroxylamine groups is 2. The highest BCUT2D eigenvalue weighted by molar-refractivity contribution is 6.20. The van der Waals surface area contributed by atoms with Gasteiger partial charge < -0.3 is 34.4 Å². The van der Waals surface area contributed by atoms with Gasteiger partial charge in [0.05, 0.1) is 17.5 Å². The van der Waals surface area contributed by atoms with Crippen molar-refractivity contribution in [3.05, 3.63) is 185 Å². The van der Waals surface area contributed by atoms with Gasteiger partial charge in [-0.25, -0.2) is 24.0 Å². The summed E-state index contributed by atoms with van der Waals surface area (Å²) in [5, 5.41) is 5.62. The highest BCUT2D eigenvalue weighted by Gasteiger charge is 2.39. The molecule has 0 saturated heterocycles. The summed E-state index contributed by atoms with van der Waals surface area (Å²) in [5.74, 6) is -3.94. The van der Waals surface area contributed by atoms with Crippen molar-refractivity contribution < 1.29 is 57.3 Å². The molecular weight excluding hydrogens is 969 g/mol. The lowest BCUT2D eigenvalue weighted by molar-refractivity contribution is -0.169. The third-order valence-electron chi connectivity index (χ3n) is 12.7. The summed E-state index contributed by atoms with van der Waals surface area (Å²) in [6.45, 7) is 10.6. The number of benzene rings is 5. The van der Waals surface area contributed by atoms with E-state index in [0.717, 1.165) is 50.1 Å². The molecule has 4 amide bonds. The Hall–Kier alpha value is -8.66. The predicted molar refractivity (Wildman–Crippen MR) is 281 cm³/mol. The van der Waals surface area contributed by atoms with Crippen molar-refractivity contribution in [2.24, 2.45) is 0 Å². The van der Waals surface area contributed by atoms with Crippen molar-refractivity contribution in [1.29, 1.82) is 0 Å². The van der Waals surface area contributed by atoms with Crippen molar-refractivity contribution in [2.45, 2.75) is 102 Å². The van der Waals surface area contributed by atoms with Gasteiger partial charge in [-0.2, -0.15) is 0 Å². The lowest BCUT2D eigenvalue weighted by Crippen LogP contribution is -2.45. The number of aromatic nitrogens is 1. The van der Waals surface area contributed by atoms with Crippen LogP contribution in [0.25, 0.3) is 22.3 Å². The summed E-state index contributed by atoms with van der Waals surface area (Å²) in [6, 6.07) is 39.9. The molecule has 2 heterocycles.